The summed E-state index contributed by atoms with van der Waals surface area (Å²) in [6.45, 7) is 8.30. The van der Waals surface area contributed by atoms with Crippen LogP contribution < -0.4 is 10.1 Å². The fourth-order valence-corrected chi connectivity index (χ4v) is 4.02. The van der Waals surface area contributed by atoms with Gasteiger partial charge in [0.1, 0.15) is 5.75 Å². The van der Waals surface area contributed by atoms with Crippen LogP contribution in [0.1, 0.15) is 56.7 Å². The number of para-hydroxylation sites is 1. The molecule has 6 nitrogen and oxygen atoms in total. The van der Waals surface area contributed by atoms with E-state index in [0.29, 0.717) is 16.9 Å². The number of aromatic nitrogens is 3. The highest BCUT2D eigenvalue weighted by Gasteiger charge is 2.18. The molecule has 1 atom stereocenters. The minimum atomic E-state index is -0.258. The molecule has 1 heterocycles. The number of benzene rings is 2. The summed E-state index contributed by atoms with van der Waals surface area (Å²) in [6.07, 6.45) is 0.738. The Morgan fingerprint density at radius 1 is 1.10 bits per heavy atom. The van der Waals surface area contributed by atoms with Crippen molar-refractivity contribution in [1.29, 1.82) is 0 Å². The lowest BCUT2D eigenvalue weighted by molar-refractivity contribution is -0.113. The van der Waals surface area contributed by atoms with Gasteiger partial charge < -0.3 is 14.6 Å². The fraction of sp³-hybridized carbons (Fsp3) is 0.375. The number of nitrogens with one attached hydrogen (secondary N) is 1. The average Bonchev–Trinajstić information content (AvgIpc) is 3.13. The molecule has 0 aliphatic rings. The van der Waals surface area contributed by atoms with E-state index < -0.39 is 0 Å². The summed E-state index contributed by atoms with van der Waals surface area (Å²) < 4.78 is 7.90. The van der Waals surface area contributed by atoms with E-state index in [-0.39, 0.29) is 17.8 Å². The summed E-state index contributed by atoms with van der Waals surface area (Å²) in [4.78, 5) is 12.5. The van der Waals surface area contributed by atoms with Crippen molar-refractivity contribution in [2.24, 2.45) is 7.05 Å². The Balaban J connectivity index is 1.59. The smallest absolute Gasteiger partial charge is 0.234 e. The van der Waals surface area contributed by atoms with Gasteiger partial charge in [-0.05, 0) is 48.6 Å². The van der Waals surface area contributed by atoms with Crippen LogP contribution in [0, 0.1) is 0 Å². The first-order valence-corrected chi connectivity index (χ1v) is 11.5. The minimum absolute atomic E-state index is 0.0667. The molecule has 0 aliphatic carbocycles. The van der Waals surface area contributed by atoms with E-state index in [1.807, 2.05) is 54.9 Å². The van der Waals surface area contributed by atoms with Crippen molar-refractivity contribution < 1.29 is 9.53 Å². The van der Waals surface area contributed by atoms with Crippen molar-refractivity contribution in [2.75, 3.05) is 11.1 Å². The molecule has 7 heteroatoms. The predicted molar refractivity (Wildman–Crippen MR) is 126 cm³/mol. The highest BCUT2D eigenvalue weighted by Crippen LogP contribution is 2.26. The third-order valence-corrected chi connectivity index (χ3v) is 6.09. The molecule has 1 amide bonds. The molecule has 0 bridgehead atoms. The Labute approximate surface area is 188 Å². The van der Waals surface area contributed by atoms with Gasteiger partial charge in [0.25, 0.3) is 0 Å². The number of carbonyl (C=O) groups excluding carboxylic acids is 1. The van der Waals surface area contributed by atoms with Crippen molar-refractivity contribution in [1.82, 2.24) is 14.8 Å². The second-order valence-corrected chi connectivity index (χ2v) is 8.68. The topological polar surface area (TPSA) is 69.0 Å². The second kappa shape index (κ2) is 10.5. The third kappa shape index (κ3) is 5.88. The number of hydrogen-bond acceptors (Lipinski definition) is 5. The molecule has 0 aliphatic heterocycles. The largest absolute Gasteiger partial charge is 0.483 e. The molecule has 2 aromatic carbocycles. The van der Waals surface area contributed by atoms with Crippen LogP contribution in [0.15, 0.2) is 53.7 Å². The molecule has 0 saturated heterocycles. The van der Waals surface area contributed by atoms with Crippen LogP contribution in [0.3, 0.4) is 0 Å². The summed E-state index contributed by atoms with van der Waals surface area (Å²) in [6, 6.07) is 16.0. The Morgan fingerprint density at radius 2 is 1.81 bits per heavy atom. The van der Waals surface area contributed by atoms with E-state index in [1.165, 1.54) is 17.3 Å². The monoisotopic (exact) mass is 438 g/mol. The zero-order valence-electron chi connectivity index (χ0n) is 18.8. The molecule has 0 saturated carbocycles. The number of ether oxygens (including phenoxy) is 1. The quantitative estimate of drug-likeness (QED) is 0.455. The van der Waals surface area contributed by atoms with E-state index in [0.717, 1.165) is 23.4 Å². The molecule has 0 spiro atoms. The molecular weight excluding hydrogens is 408 g/mol. The van der Waals surface area contributed by atoms with Crippen molar-refractivity contribution in [2.45, 2.75) is 51.3 Å². The summed E-state index contributed by atoms with van der Waals surface area (Å²) in [5.74, 6) is 2.04. The van der Waals surface area contributed by atoms with Crippen LogP contribution in [0.25, 0.3) is 0 Å². The Hall–Kier alpha value is -2.80. The number of carbonyl (C=O) groups is 1. The van der Waals surface area contributed by atoms with Gasteiger partial charge in [0.05, 0.1) is 5.75 Å². The molecule has 31 heavy (non-hydrogen) atoms. The van der Waals surface area contributed by atoms with Gasteiger partial charge in [-0.3, -0.25) is 4.79 Å². The van der Waals surface area contributed by atoms with Crippen LogP contribution in [-0.4, -0.2) is 26.4 Å². The number of anilines is 1. The number of rotatable bonds is 9. The normalized spacial score (nSPS) is 12.1. The molecule has 3 aromatic rings. The maximum absolute atomic E-state index is 12.5. The highest BCUT2D eigenvalue weighted by atomic mass is 32.2. The lowest BCUT2D eigenvalue weighted by Crippen LogP contribution is -2.16. The van der Waals surface area contributed by atoms with Crippen LogP contribution in [0.2, 0.25) is 0 Å². The van der Waals surface area contributed by atoms with E-state index >= 15 is 0 Å². The molecule has 0 unspecified atom stereocenters. The first-order chi connectivity index (χ1) is 14.9. The van der Waals surface area contributed by atoms with Crippen LogP contribution in [0.4, 0.5) is 5.69 Å². The van der Waals surface area contributed by atoms with E-state index in [9.17, 15) is 4.79 Å². The van der Waals surface area contributed by atoms with Crippen molar-refractivity contribution in [3.63, 3.8) is 0 Å². The van der Waals surface area contributed by atoms with Gasteiger partial charge in [0.2, 0.25) is 5.91 Å². The number of aryl methyl sites for hydroxylation is 1. The standard InChI is InChI=1S/C24H30N4O2S/c1-6-18-11-13-19(14-12-18)30-17(4)23-26-27-24(28(23)5)31-15-22(29)25-21-10-8-7-9-20(21)16(2)3/h7-14,16-17H,6,15H2,1-5H3,(H,25,29)/t17-/m1/s1. The molecule has 3 rings (SSSR count). The van der Waals surface area contributed by atoms with Gasteiger partial charge in [-0.2, -0.15) is 0 Å². The summed E-state index contributed by atoms with van der Waals surface area (Å²) in [5, 5.41) is 12.2. The molecule has 0 fully saturated rings. The van der Waals surface area contributed by atoms with Gasteiger partial charge in [0, 0.05) is 12.7 Å². The third-order valence-electron chi connectivity index (χ3n) is 5.07. The van der Waals surface area contributed by atoms with Crippen molar-refractivity contribution in [3.05, 3.63) is 65.5 Å². The molecule has 1 N–H and O–H groups in total. The number of amides is 1. The lowest BCUT2D eigenvalue weighted by atomic mass is 10.0. The summed E-state index contributed by atoms with van der Waals surface area (Å²) in [5.41, 5.74) is 3.25. The van der Waals surface area contributed by atoms with Gasteiger partial charge >= 0.3 is 0 Å². The van der Waals surface area contributed by atoms with Crippen LogP contribution >= 0.6 is 11.8 Å². The molecule has 1 aromatic heterocycles. The number of nitrogens with zero attached hydrogens (tertiary/aromatic N) is 3. The lowest BCUT2D eigenvalue weighted by Gasteiger charge is -2.15. The number of thioether (sulfide) groups is 1. The fourth-order valence-electron chi connectivity index (χ4n) is 3.30. The van der Waals surface area contributed by atoms with Crippen molar-refractivity contribution in [3.8, 4) is 5.75 Å². The van der Waals surface area contributed by atoms with Gasteiger partial charge in [-0.1, -0.05) is 62.9 Å². The first-order valence-electron chi connectivity index (χ1n) is 10.6. The highest BCUT2D eigenvalue weighted by molar-refractivity contribution is 7.99. The minimum Gasteiger partial charge on any atom is -0.483 e. The Bertz CT molecular complexity index is 1010. The van der Waals surface area contributed by atoms with E-state index in [2.05, 4.69) is 48.4 Å². The van der Waals surface area contributed by atoms with Crippen molar-refractivity contribution >= 4 is 23.4 Å². The average molecular weight is 439 g/mol. The van der Waals surface area contributed by atoms with Crippen LogP contribution in [0.5, 0.6) is 5.75 Å². The maximum atomic E-state index is 12.5. The van der Waals surface area contributed by atoms with Crippen LogP contribution in [-0.2, 0) is 18.3 Å². The zero-order valence-corrected chi connectivity index (χ0v) is 19.6. The zero-order chi connectivity index (χ0) is 22.4. The van der Waals surface area contributed by atoms with Gasteiger partial charge in [-0.25, -0.2) is 0 Å². The molecule has 0 radical (unpaired) electrons. The SMILES string of the molecule is CCc1ccc(O[C@H](C)c2nnc(SCC(=O)Nc3ccccc3C(C)C)n2C)cc1. The van der Waals surface area contributed by atoms with Gasteiger partial charge in [0.15, 0.2) is 17.1 Å². The Morgan fingerprint density at radius 3 is 2.48 bits per heavy atom. The molecule has 164 valence electrons. The van der Waals surface area contributed by atoms with E-state index in [4.69, 9.17) is 4.74 Å². The van der Waals surface area contributed by atoms with Gasteiger partial charge in [-0.15, -0.1) is 10.2 Å². The first kappa shape index (κ1) is 22.9. The predicted octanol–water partition coefficient (Wildman–Crippen LogP) is 5.37. The summed E-state index contributed by atoms with van der Waals surface area (Å²) in [7, 11) is 1.89. The number of hydrogen-bond donors (Lipinski definition) is 1. The maximum Gasteiger partial charge on any atom is 0.234 e. The molecular formula is C24H30N4O2S. The second-order valence-electron chi connectivity index (χ2n) is 7.74. The van der Waals surface area contributed by atoms with E-state index in [1.54, 1.807) is 0 Å². The Kier molecular flexibility index (Phi) is 7.74. The summed E-state index contributed by atoms with van der Waals surface area (Å²) >= 11 is 1.36.